The van der Waals surface area contributed by atoms with Gasteiger partial charge in [0.25, 0.3) is 0 Å². The molecule has 0 radical (unpaired) electrons. The summed E-state index contributed by atoms with van der Waals surface area (Å²) in [4.78, 5) is 50.4. The SMILES string of the molecule is C=CC(C)OC(=O)c1ccccc1N1N=C(C(=O)OCC)C[C@@H]1[C@@H](C)OC(=O)c1ccccc1NN=[C+]C(=O)OCC. The Kier molecular flexibility index (Phi) is 11.3. The van der Waals surface area contributed by atoms with Crippen LogP contribution in [0.1, 0.15) is 54.8 Å². The number of nitrogens with zero attached hydrogens (tertiary/aromatic N) is 3. The predicted octanol–water partition coefficient (Wildman–Crippen LogP) is 4.00. The van der Waals surface area contributed by atoms with E-state index in [1.54, 1.807) is 70.2 Å². The first kappa shape index (κ1) is 31.4. The topological polar surface area (TPSA) is 145 Å². The molecule has 1 unspecified atom stereocenters. The van der Waals surface area contributed by atoms with Crippen molar-refractivity contribution in [3.63, 3.8) is 0 Å². The number of rotatable bonds is 13. The molecule has 42 heavy (non-hydrogen) atoms. The average Bonchev–Trinajstić information content (AvgIpc) is 3.43. The quantitative estimate of drug-likeness (QED) is 0.0926. The maximum atomic E-state index is 13.3. The van der Waals surface area contributed by atoms with E-state index in [0.29, 0.717) is 5.69 Å². The van der Waals surface area contributed by atoms with Gasteiger partial charge in [0.15, 0.2) is 0 Å². The van der Waals surface area contributed by atoms with Crippen LogP contribution in [0.2, 0.25) is 0 Å². The van der Waals surface area contributed by atoms with Crippen LogP contribution in [-0.2, 0) is 28.5 Å². The molecule has 0 saturated heterocycles. The Balaban J connectivity index is 1.88. The minimum absolute atomic E-state index is 0.0818. The Labute approximate surface area is 244 Å². The fourth-order valence-electron chi connectivity index (χ4n) is 3.96. The number of hydrogen-bond acceptors (Lipinski definition) is 12. The van der Waals surface area contributed by atoms with E-state index >= 15 is 0 Å². The number of para-hydroxylation sites is 2. The summed E-state index contributed by atoms with van der Waals surface area (Å²) in [5.74, 6) is -2.69. The first-order valence-electron chi connectivity index (χ1n) is 13.3. The number of benzene rings is 2. The first-order chi connectivity index (χ1) is 20.2. The van der Waals surface area contributed by atoms with Crippen LogP contribution in [0.15, 0.2) is 71.4 Å². The van der Waals surface area contributed by atoms with Crippen molar-refractivity contribution in [2.24, 2.45) is 10.2 Å². The smallest absolute Gasteiger partial charge is 0.461 e. The van der Waals surface area contributed by atoms with E-state index < -0.39 is 42.1 Å². The molecule has 0 spiro atoms. The summed E-state index contributed by atoms with van der Waals surface area (Å²) in [7, 11) is 0. The lowest BCUT2D eigenvalue weighted by atomic mass is 10.0. The number of anilines is 2. The molecular formula is C30H33N4O8+. The molecular weight excluding hydrogens is 544 g/mol. The standard InChI is InChI=1S/C30H32N4O8/c1-6-19(4)41-29(37)22-14-10-12-16-25(22)34-26(17-24(33-34)30(38)40-8-3)20(5)42-28(36)21-13-9-11-15-23(21)32-31-18-27(35)39-7-2/h6,9-16,19-20,26H,1,7-8,17H2,2-5H3/p+1/t19?,20-,26-/m1/s1. The van der Waals surface area contributed by atoms with E-state index in [1.165, 1.54) is 17.2 Å². The molecule has 1 aliphatic rings. The number of ether oxygens (including phenoxy) is 4. The predicted molar refractivity (Wildman–Crippen MR) is 155 cm³/mol. The molecule has 0 aromatic heterocycles. The number of nitrogens with one attached hydrogen (secondary N) is 1. The molecule has 0 fully saturated rings. The number of esters is 4. The van der Waals surface area contributed by atoms with Gasteiger partial charge in [-0.3, -0.25) is 5.01 Å². The summed E-state index contributed by atoms with van der Waals surface area (Å²) in [5, 5.41) is 9.64. The van der Waals surface area contributed by atoms with Crippen molar-refractivity contribution in [3.05, 3.63) is 72.3 Å². The second-order valence-electron chi connectivity index (χ2n) is 8.96. The monoisotopic (exact) mass is 577 g/mol. The maximum Gasteiger partial charge on any atom is 0.619 e. The summed E-state index contributed by atoms with van der Waals surface area (Å²) < 4.78 is 21.2. The van der Waals surface area contributed by atoms with Crippen LogP contribution in [0, 0.1) is 0 Å². The number of carbonyl (C=O) groups is 4. The van der Waals surface area contributed by atoms with E-state index in [4.69, 9.17) is 18.9 Å². The van der Waals surface area contributed by atoms with Crippen molar-refractivity contribution < 1.29 is 38.1 Å². The van der Waals surface area contributed by atoms with Crippen LogP contribution < -0.4 is 10.4 Å². The fraction of sp³-hybridized carbons (Fsp3) is 0.333. The molecule has 0 saturated carbocycles. The number of hydrogen-bond donors (Lipinski definition) is 1. The molecule has 1 N–H and O–H groups in total. The van der Waals surface area contributed by atoms with E-state index in [0.717, 1.165) is 0 Å². The third-order valence-electron chi connectivity index (χ3n) is 6.03. The van der Waals surface area contributed by atoms with Gasteiger partial charge in [-0.15, -0.1) is 0 Å². The molecule has 3 rings (SSSR count). The van der Waals surface area contributed by atoms with Gasteiger partial charge in [-0.25, -0.2) is 19.8 Å². The molecule has 12 nitrogen and oxygen atoms in total. The lowest BCUT2D eigenvalue weighted by Crippen LogP contribution is -2.40. The second-order valence-corrected chi connectivity index (χ2v) is 8.96. The summed E-state index contributed by atoms with van der Waals surface area (Å²) in [6.07, 6.45) is 2.36. The lowest BCUT2D eigenvalue weighted by Gasteiger charge is -2.29. The van der Waals surface area contributed by atoms with Gasteiger partial charge < -0.3 is 18.9 Å². The third-order valence-corrected chi connectivity index (χ3v) is 6.03. The Morgan fingerprint density at radius 1 is 1.00 bits per heavy atom. The van der Waals surface area contributed by atoms with Crippen molar-refractivity contribution >= 4 is 47.2 Å². The van der Waals surface area contributed by atoms with Crippen molar-refractivity contribution in [1.82, 2.24) is 0 Å². The molecule has 0 aliphatic carbocycles. The largest absolute Gasteiger partial charge is 0.619 e. The van der Waals surface area contributed by atoms with Gasteiger partial charge in [-0.05, 0) is 52.0 Å². The first-order valence-corrected chi connectivity index (χ1v) is 13.3. The minimum atomic E-state index is -0.827. The van der Waals surface area contributed by atoms with Gasteiger partial charge in [-0.2, -0.15) is 9.90 Å². The van der Waals surface area contributed by atoms with E-state index in [-0.39, 0.29) is 42.2 Å². The normalized spacial score (nSPS) is 15.6. The Morgan fingerprint density at radius 2 is 1.64 bits per heavy atom. The molecule has 3 atom stereocenters. The number of hydrazone groups is 2. The van der Waals surface area contributed by atoms with Crippen molar-refractivity contribution in [2.45, 2.75) is 52.4 Å². The van der Waals surface area contributed by atoms with Crippen molar-refractivity contribution in [1.29, 1.82) is 0 Å². The van der Waals surface area contributed by atoms with Crippen LogP contribution >= 0.6 is 0 Å². The summed E-state index contributed by atoms with van der Waals surface area (Å²) in [5.41, 5.74) is 3.67. The molecule has 2 aromatic carbocycles. The maximum absolute atomic E-state index is 13.3. The Hall–Kier alpha value is -5.09. The third kappa shape index (κ3) is 7.98. The van der Waals surface area contributed by atoms with Gasteiger partial charge in [0.05, 0.1) is 46.9 Å². The average molecular weight is 578 g/mol. The zero-order valence-corrected chi connectivity index (χ0v) is 23.9. The fourth-order valence-corrected chi connectivity index (χ4v) is 3.96. The summed E-state index contributed by atoms with van der Waals surface area (Å²) in [6, 6.07) is 12.4. The minimum Gasteiger partial charge on any atom is -0.461 e. The van der Waals surface area contributed by atoms with Crippen molar-refractivity contribution in [3.8, 4) is 0 Å². The highest BCUT2D eigenvalue weighted by Crippen LogP contribution is 2.32. The Bertz CT molecular complexity index is 1370. The highest BCUT2D eigenvalue weighted by atomic mass is 16.6. The van der Waals surface area contributed by atoms with Crippen LogP contribution in [-0.4, -0.2) is 67.3 Å². The summed E-state index contributed by atoms with van der Waals surface area (Å²) in [6.45, 7) is 10.6. The van der Waals surface area contributed by atoms with Gasteiger partial charge in [-0.1, -0.05) is 36.9 Å². The zero-order chi connectivity index (χ0) is 30.6. The van der Waals surface area contributed by atoms with Crippen LogP contribution in [0.25, 0.3) is 0 Å². The van der Waals surface area contributed by atoms with Gasteiger partial charge in [0.1, 0.15) is 17.9 Å². The lowest BCUT2D eigenvalue weighted by molar-refractivity contribution is -0.135. The molecule has 0 bridgehead atoms. The van der Waals surface area contributed by atoms with E-state index in [9.17, 15) is 19.2 Å². The van der Waals surface area contributed by atoms with Gasteiger partial charge >= 0.3 is 30.1 Å². The molecule has 1 aliphatic heterocycles. The van der Waals surface area contributed by atoms with E-state index in [2.05, 4.69) is 28.4 Å². The molecule has 12 heteroatoms. The van der Waals surface area contributed by atoms with Crippen LogP contribution in [0.3, 0.4) is 0 Å². The molecule has 2 aromatic rings. The van der Waals surface area contributed by atoms with Crippen molar-refractivity contribution in [2.75, 3.05) is 23.6 Å². The summed E-state index contributed by atoms with van der Waals surface area (Å²) >= 11 is 0. The molecule has 220 valence electrons. The highest BCUT2D eigenvalue weighted by molar-refractivity contribution is 6.37. The van der Waals surface area contributed by atoms with Crippen LogP contribution in [0.4, 0.5) is 11.4 Å². The Morgan fingerprint density at radius 3 is 2.33 bits per heavy atom. The van der Waals surface area contributed by atoms with E-state index in [1.807, 2.05) is 0 Å². The van der Waals surface area contributed by atoms with Gasteiger partial charge in [0.2, 0.25) is 0 Å². The van der Waals surface area contributed by atoms with Crippen LogP contribution in [0.5, 0.6) is 0 Å². The molecule has 0 amide bonds. The second kappa shape index (κ2) is 15.1. The highest BCUT2D eigenvalue weighted by Gasteiger charge is 2.39. The van der Waals surface area contributed by atoms with Gasteiger partial charge in [0, 0.05) is 6.42 Å². The molecule has 1 heterocycles. The zero-order valence-electron chi connectivity index (χ0n) is 23.9. The number of carbonyl (C=O) groups excluding carboxylic acids is 4.